The van der Waals surface area contributed by atoms with Crippen molar-refractivity contribution in [2.45, 2.75) is 161 Å². The van der Waals surface area contributed by atoms with Gasteiger partial charge in [-0.3, -0.25) is 18.6 Å². The third-order valence-electron chi connectivity index (χ3n) is 8.18. The molecule has 0 fully saturated rings. The second kappa shape index (κ2) is 38.7. The van der Waals surface area contributed by atoms with Crippen LogP contribution < -0.4 is 5.73 Å². The summed E-state index contributed by atoms with van der Waals surface area (Å²) in [6.07, 6.45) is 42.5. The predicted octanol–water partition coefficient (Wildman–Crippen LogP) is 10.5. The van der Waals surface area contributed by atoms with Gasteiger partial charge < -0.3 is 25.2 Å². The van der Waals surface area contributed by atoms with Crippen molar-refractivity contribution in [3.8, 4) is 0 Å². The van der Waals surface area contributed by atoms with Crippen LogP contribution >= 0.6 is 7.82 Å². The number of phosphoric acid groups is 1. The molecule has 0 aromatic heterocycles. The number of nitrogens with two attached hydrogens (primary N) is 1. The van der Waals surface area contributed by atoms with Crippen molar-refractivity contribution < 1.29 is 42.7 Å². The fourth-order valence-electron chi connectivity index (χ4n) is 5.13. The highest BCUT2D eigenvalue weighted by molar-refractivity contribution is 7.47. The van der Waals surface area contributed by atoms with Crippen molar-refractivity contribution in [3.05, 3.63) is 72.9 Å². The predicted molar refractivity (Wildman–Crippen MR) is 221 cm³/mol. The van der Waals surface area contributed by atoms with Crippen LogP contribution in [0.25, 0.3) is 0 Å². The van der Waals surface area contributed by atoms with Gasteiger partial charge in [-0.2, -0.15) is 0 Å². The number of aliphatic hydroxyl groups excluding tert-OH is 1. The van der Waals surface area contributed by atoms with Gasteiger partial charge in [0, 0.05) is 19.4 Å². The zero-order valence-corrected chi connectivity index (χ0v) is 34.4. The number of carbonyl (C=O) groups is 2. The van der Waals surface area contributed by atoms with Crippen LogP contribution in [0.1, 0.15) is 149 Å². The first-order valence-electron chi connectivity index (χ1n) is 20.5. The maximum atomic E-state index is 12.6. The Hall–Kier alpha value is -2.59. The van der Waals surface area contributed by atoms with Gasteiger partial charge in [-0.05, 0) is 70.6 Å². The van der Waals surface area contributed by atoms with E-state index in [1.54, 1.807) is 12.2 Å². The Balaban J connectivity index is 4.40. The number of hydrogen-bond donors (Lipinski definition) is 3. The molecule has 0 heterocycles. The first-order chi connectivity index (χ1) is 26.2. The minimum absolute atomic E-state index is 0.0233. The van der Waals surface area contributed by atoms with Crippen LogP contribution in [0.3, 0.4) is 0 Å². The minimum atomic E-state index is -4.42. The number of carbonyl (C=O) groups excluding carboxylic acids is 2. The van der Waals surface area contributed by atoms with Crippen molar-refractivity contribution in [1.29, 1.82) is 0 Å². The molecule has 0 rings (SSSR count). The lowest BCUT2D eigenvalue weighted by Crippen LogP contribution is -2.29. The van der Waals surface area contributed by atoms with Crippen LogP contribution in [0.15, 0.2) is 72.9 Å². The molecule has 0 bridgehead atoms. The molecule has 0 saturated heterocycles. The molecule has 0 radical (unpaired) electrons. The van der Waals surface area contributed by atoms with Gasteiger partial charge in [0.2, 0.25) is 0 Å². The van der Waals surface area contributed by atoms with Crippen molar-refractivity contribution in [2.75, 3.05) is 26.4 Å². The molecule has 2 unspecified atom stereocenters. The SMILES string of the molecule is CC/C=C\C/C=C\C/C=C\C/C=C\C=C\C(O)CCCC(=O)OC[C@H](COP(=O)(O)OCCN)OC(=O)CCCCCCCCC/C=C\CCCCCC. The molecule has 11 heteroatoms. The number of esters is 2. The zero-order chi connectivity index (χ0) is 39.8. The molecule has 310 valence electrons. The molecule has 0 aliphatic heterocycles. The van der Waals surface area contributed by atoms with Gasteiger partial charge >= 0.3 is 19.8 Å². The summed E-state index contributed by atoms with van der Waals surface area (Å²) in [6.45, 7) is 3.35. The number of ether oxygens (including phenoxy) is 2. The Kier molecular flexibility index (Phi) is 36.8. The summed E-state index contributed by atoms with van der Waals surface area (Å²) in [6, 6.07) is 0. The maximum absolute atomic E-state index is 12.6. The summed E-state index contributed by atoms with van der Waals surface area (Å²) >= 11 is 0. The van der Waals surface area contributed by atoms with Gasteiger partial charge in [0.05, 0.1) is 19.3 Å². The zero-order valence-electron chi connectivity index (χ0n) is 33.5. The average Bonchev–Trinajstić information content (AvgIpc) is 3.15. The maximum Gasteiger partial charge on any atom is 0.472 e. The van der Waals surface area contributed by atoms with E-state index in [1.807, 2.05) is 12.2 Å². The third-order valence-corrected chi connectivity index (χ3v) is 9.16. The second-order valence-corrected chi connectivity index (χ2v) is 14.8. The van der Waals surface area contributed by atoms with E-state index in [4.69, 9.17) is 24.3 Å². The standard InChI is InChI=1S/C43H74NO9P/c1-3-5-7-9-11-13-15-17-18-20-22-24-26-28-30-34-43(47)53-41(39-52-54(48,49)51-37-36-44)38-50-42(46)35-31-33-40(45)32-29-27-25-23-21-19-16-14-12-10-8-6-4-2/h6,8,12-15,19,21,25,27,29,32,40-41,45H,3-5,7,9-11,16-18,20,22-24,26,28,30-31,33-39,44H2,1-2H3,(H,48,49)/b8-6-,14-12-,15-13-,21-19-,27-25-,32-29+/t40?,41-/m1/s1. The quantitative estimate of drug-likeness (QED) is 0.0182. The molecule has 0 amide bonds. The van der Waals surface area contributed by atoms with Crippen LogP contribution in [-0.4, -0.2) is 60.5 Å². The highest BCUT2D eigenvalue weighted by atomic mass is 31.2. The number of phosphoric ester groups is 1. The molecular formula is C43H74NO9P. The van der Waals surface area contributed by atoms with Crippen LogP contribution in [-0.2, 0) is 32.7 Å². The van der Waals surface area contributed by atoms with Gasteiger partial charge in [-0.1, -0.05) is 138 Å². The molecule has 0 aliphatic carbocycles. The van der Waals surface area contributed by atoms with Crippen LogP contribution in [0, 0.1) is 0 Å². The lowest BCUT2D eigenvalue weighted by Gasteiger charge is -2.20. The monoisotopic (exact) mass is 780 g/mol. The molecule has 3 atom stereocenters. The topological polar surface area (TPSA) is 155 Å². The second-order valence-electron chi connectivity index (χ2n) is 13.3. The number of unbranched alkanes of at least 4 members (excludes halogenated alkanes) is 11. The van der Waals surface area contributed by atoms with Gasteiger partial charge in [-0.25, -0.2) is 4.57 Å². The normalized spacial score (nSPS) is 14.7. The summed E-state index contributed by atoms with van der Waals surface area (Å²) in [5.74, 6) is -1.05. The summed E-state index contributed by atoms with van der Waals surface area (Å²) in [4.78, 5) is 34.8. The van der Waals surface area contributed by atoms with E-state index in [1.165, 1.54) is 51.4 Å². The van der Waals surface area contributed by atoms with Gasteiger partial charge in [0.15, 0.2) is 6.10 Å². The lowest BCUT2D eigenvalue weighted by molar-refractivity contribution is -0.161. The fraction of sp³-hybridized carbons (Fsp3) is 0.674. The fourth-order valence-corrected chi connectivity index (χ4v) is 5.89. The van der Waals surface area contributed by atoms with E-state index in [0.29, 0.717) is 19.3 Å². The van der Waals surface area contributed by atoms with E-state index < -0.39 is 38.6 Å². The van der Waals surface area contributed by atoms with Gasteiger partial charge in [0.1, 0.15) is 6.61 Å². The van der Waals surface area contributed by atoms with Gasteiger partial charge in [0.25, 0.3) is 0 Å². The molecule has 0 saturated carbocycles. The summed E-state index contributed by atoms with van der Waals surface area (Å²) in [5.41, 5.74) is 5.33. The molecule has 0 aromatic rings. The Morgan fingerprint density at radius 3 is 1.87 bits per heavy atom. The Morgan fingerprint density at radius 1 is 0.667 bits per heavy atom. The molecule has 0 spiro atoms. The molecule has 0 aliphatic rings. The summed E-state index contributed by atoms with van der Waals surface area (Å²) < 4.78 is 32.6. The minimum Gasteiger partial charge on any atom is -0.462 e. The molecule has 10 nitrogen and oxygen atoms in total. The highest BCUT2D eigenvalue weighted by Gasteiger charge is 2.26. The number of aliphatic hydroxyl groups is 1. The molecular weight excluding hydrogens is 705 g/mol. The van der Waals surface area contributed by atoms with E-state index in [-0.39, 0.29) is 32.6 Å². The van der Waals surface area contributed by atoms with Crippen LogP contribution in [0.4, 0.5) is 0 Å². The van der Waals surface area contributed by atoms with Crippen molar-refractivity contribution >= 4 is 19.8 Å². The first kappa shape index (κ1) is 51.4. The van der Waals surface area contributed by atoms with Gasteiger partial charge in [-0.15, -0.1) is 0 Å². The third kappa shape index (κ3) is 37.7. The Morgan fingerprint density at radius 2 is 1.24 bits per heavy atom. The smallest absolute Gasteiger partial charge is 0.462 e. The summed E-state index contributed by atoms with van der Waals surface area (Å²) in [7, 11) is -4.42. The van der Waals surface area contributed by atoms with E-state index in [9.17, 15) is 24.2 Å². The average molecular weight is 780 g/mol. The van der Waals surface area contributed by atoms with Crippen molar-refractivity contribution in [2.24, 2.45) is 5.73 Å². The lowest BCUT2D eigenvalue weighted by atomic mass is 10.1. The largest absolute Gasteiger partial charge is 0.472 e. The van der Waals surface area contributed by atoms with E-state index in [2.05, 4.69) is 62.5 Å². The van der Waals surface area contributed by atoms with Crippen molar-refractivity contribution in [3.63, 3.8) is 0 Å². The van der Waals surface area contributed by atoms with E-state index >= 15 is 0 Å². The van der Waals surface area contributed by atoms with Crippen LogP contribution in [0.5, 0.6) is 0 Å². The highest BCUT2D eigenvalue weighted by Crippen LogP contribution is 2.43. The summed E-state index contributed by atoms with van der Waals surface area (Å²) in [5, 5.41) is 10.2. The Labute approximate surface area is 327 Å². The van der Waals surface area contributed by atoms with E-state index in [0.717, 1.165) is 51.4 Å². The first-order valence-corrected chi connectivity index (χ1v) is 22.0. The molecule has 0 aromatic carbocycles. The van der Waals surface area contributed by atoms with Crippen molar-refractivity contribution in [1.82, 2.24) is 0 Å². The van der Waals surface area contributed by atoms with Crippen LogP contribution in [0.2, 0.25) is 0 Å². The number of rotatable bonds is 37. The Bertz CT molecular complexity index is 1130. The molecule has 4 N–H and O–H groups in total. The number of hydrogen-bond acceptors (Lipinski definition) is 9. The molecule has 54 heavy (non-hydrogen) atoms. The number of allylic oxidation sites excluding steroid dienone is 11.